The second kappa shape index (κ2) is 8.09. The molecule has 142 valence electrons. The number of hydrogen-bond acceptors (Lipinski definition) is 3. The standard InChI is InChI=1S/C17H20ClF3N4O/c1-11-6-12(2)16(13(18)7-11)23-15(26)9-24(3)8-14-22-4-5-25(14)10-17(19,20)21/h4-7H,8-10H2,1-3H3,(H,23,26). The molecule has 0 atom stereocenters. The second-order valence-electron chi connectivity index (χ2n) is 6.25. The summed E-state index contributed by atoms with van der Waals surface area (Å²) < 4.78 is 38.7. The van der Waals surface area contributed by atoms with Crippen molar-refractivity contribution in [3.8, 4) is 0 Å². The molecule has 0 aliphatic heterocycles. The predicted molar refractivity (Wildman–Crippen MR) is 94.2 cm³/mol. The molecule has 2 rings (SSSR count). The third-order valence-corrected chi connectivity index (χ3v) is 3.97. The summed E-state index contributed by atoms with van der Waals surface area (Å²) in [7, 11) is 1.63. The van der Waals surface area contributed by atoms with E-state index in [1.165, 1.54) is 12.4 Å². The van der Waals surface area contributed by atoms with Gasteiger partial charge in [0.05, 0.1) is 23.8 Å². The fourth-order valence-electron chi connectivity index (χ4n) is 2.62. The quantitative estimate of drug-likeness (QED) is 0.819. The zero-order valence-electron chi connectivity index (χ0n) is 14.7. The van der Waals surface area contributed by atoms with Gasteiger partial charge in [-0.1, -0.05) is 17.7 Å². The summed E-state index contributed by atoms with van der Waals surface area (Å²) in [4.78, 5) is 17.8. The number of rotatable bonds is 6. The molecular formula is C17H20ClF3N4O. The molecule has 0 saturated heterocycles. The van der Waals surface area contributed by atoms with Crippen molar-refractivity contribution in [2.24, 2.45) is 0 Å². The molecular weight excluding hydrogens is 369 g/mol. The van der Waals surface area contributed by atoms with Crippen LogP contribution in [-0.4, -0.2) is 40.1 Å². The number of halogens is 4. The lowest BCUT2D eigenvalue weighted by Crippen LogP contribution is -2.31. The summed E-state index contributed by atoms with van der Waals surface area (Å²) in [5, 5.41) is 3.19. The van der Waals surface area contributed by atoms with E-state index in [1.54, 1.807) is 18.0 Å². The van der Waals surface area contributed by atoms with Gasteiger partial charge >= 0.3 is 6.18 Å². The number of imidazole rings is 1. The molecule has 9 heteroatoms. The first-order chi connectivity index (χ1) is 12.0. The van der Waals surface area contributed by atoms with Crippen LogP contribution in [0.1, 0.15) is 17.0 Å². The van der Waals surface area contributed by atoms with E-state index in [0.29, 0.717) is 10.7 Å². The third kappa shape index (κ3) is 5.74. The Morgan fingerprint density at radius 3 is 2.65 bits per heavy atom. The lowest BCUT2D eigenvalue weighted by molar-refractivity contribution is -0.141. The number of hydrogen-bond donors (Lipinski definition) is 1. The highest BCUT2D eigenvalue weighted by atomic mass is 35.5. The van der Waals surface area contributed by atoms with E-state index in [4.69, 9.17) is 11.6 Å². The maximum absolute atomic E-state index is 12.6. The minimum absolute atomic E-state index is 0.0114. The number of aromatic nitrogens is 2. The second-order valence-corrected chi connectivity index (χ2v) is 6.65. The molecule has 0 unspecified atom stereocenters. The maximum Gasteiger partial charge on any atom is 0.406 e. The summed E-state index contributed by atoms with van der Waals surface area (Å²) in [6.07, 6.45) is -1.75. The highest BCUT2D eigenvalue weighted by molar-refractivity contribution is 6.34. The monoisotopic (exact) mass is 388 g/mol. The first-order valence-corrected chi connectivity index (χ1v) is 8.25. The lowest BCUT2D eigenvalue weighted by Gasteiger charge is -2.18. The Morgan fingerprint density at radius 2 is 2.04 bits per heavy atom. The average Bonchev–Trinajstić information content (AvgIpc) is 2.87. The van der Waals surface area contributed by atoms with Crippen LogP contribution in [0.4, 0.5) is 18.9 Å². The van der Waals surface area contributed by atoms with Gasteiger partial charge < -0.3 is 9.88 Å². The van der Waals surface area contributed by atoms with Crippen molar-refractivity contribution >= 4 is 23.2 Å². The fraction of sp³-hybridized carbons (Fsp3) is 0.412. The van der Waals surface area contributed by atoms with E-state index >= 15 is 0 Å². The molecule has 0 fully saturated rings. The number of carbonyl (C=O) groups is 1. The van der Waals surface area contributed by atoms with Crippen molar-refractivity contribution in [3.63, 3.8) is 0 Å². The maximum atomic E-state index is 12.6. The minimum atomic E-state index is -4.33. The van der Waals surface area contributed by atoms with Crippen LogP contribution in [0.25, 0.3) is 0 Å². The first kappa shape index (κ1) is 20.3. The van der Waals surface area contributed by atoms with Gasteiger partial charge in [0.25, 0.3) is 0 Å². The Kier molecular flexibility index (Phi) is 6.30. The Labute approximate surface area is 154 Å². The molecule has 0 spiro atoms. The zero-order valence-corrected chi connectivity index (χ0v) is 15.4. The SMILES string of the molecule is Cc1cc(C)c(NC(=O)CN(C)Cc2nccn2CC(F)(F)F)c(Cl)c1. The number of nitrogens with zero attached hydrogens (tertiary/aromatic N) is 3. The third-order valence-electron chi connectivity index (χ3n) is 3.67. The number of aryl methyl sites for hydroxylation is 2. The van der Waals surface area contributed by atoms with Gasteiger partial charge in [-0.05, 0) is 38.1 Å². The molecule has 1 amide bonds. The molecule has 26 heavy (non-hydrogen) atoms. The summed E-state index contributed by atoms with van der Waals surface area (Å²) in [6.45, 7) is 2.73. The van der Waals surface area contributed by atoms with Gasteiger partial charge in [0.2, 0.25) is 5.91 Å². The van der Waals surface area contributed by atoms with Crippen LogP contribution in [-0.2, 0) is 17.9 Å². The first-order valence-electron chi connectivity index (χ1n) is 7.87. The van der Waals surface area contributed by atoms with Crippen molar-refractivity contribution in [2.45, 2.75) is 33.1 Å². The van der Waals surface area contributed by atoms with E-state index in [1.807, 2.05) is 19.9 Å². The van der Waals surface area contributed by atoms with Gasteiger partial charge in [0.1, 0.15) is 12.4 Å². The Morgan fingerprint density at radius 1 is 1.35 bits per heavy atom. The molecule has 2 aromatic rings. The lowest BCUT2D eigenvalue weighted by atomic mass is 10.1. The average molecular weight is 389 g/mol. The highest BCUT2D eigenvalue weighted by Gasteiger charge is 2.29. The smallest absolute Gasteiger partial charge is 0.325 e. The van der Waals surface area contributed by atoms with Crippen molar-refractivity contribution in [1.82, 2.24) is 14.5 Å². The summed E-state index contributed by atoms with van der Waals surface area (Å²) in [5.41, 5.74) is 2.36. The van der Waals surface area contributed by atoms with Crippen LogP contribution in [0.3, 0.4) is 0 Å². The van der Waals surface area contributed by atoms with Gasteiger partial charge in [0.15, 0.2) is 0 Å². The molecule has 1 N–H and O–H groups in total. The number of carbonyl (C=O) groups excluding carboxylic acids is 1. The van der Waals surface area contributed by atoms with Gasteiger partial charge in [0, 0.05) is 12.4 Å². The molecule has 0 saturated carbocycles. The van der Waals surface area contributed by atoms with E-state index < -0.39 is 12.7 Å². The normalized spacial score (nSPS) is 11.8. The number of anilines is 1. The number of likely N-dealkylation sites (N-methyl/N-ethyl adjacent to an activating group) is 1. The number of alkyl halides is 3. The minimum Gasteiger partial charge on any atom is -0.325 e. The van der Waals surface area contributed by atoms with E-state index in [9.17, 15) is 18.0 Å². The van der Waals surface area contributed by atoms with Crippen molar-refractivity contribution in [2.75, 3.05) is 18.9 Å². The van der Waals surface area contributed by atoms with Gasteiger partial charge in [-0.25, -0.2) is 4.98 Å². The number of benzene rings is 1. The van der Waals surface area contributed by atoms with E-state index in [0.717, 1.165) is 15.7 Å². The summed E-state index contributed by atoms with van der Waals surface area (Å²) >= 11 is 6.16. The van der Waals surface area contributed by atoms with Crippen molar-refractivity contribution < 1.29 is 18.0 Å². The van der Waals surface area contributed by atoms with E-state index in [-0.39, 0.29) is 24.8 Å². The van der Waals surface area contributed by atoms with Crippen LogP contribution in [0.15, 0.2) is 24.5 Å². The highest BCUT2D eigenvalue weighted by Crippen LogP contribution is 2.27. The molecule has 5 nitrogen and oxygen atoms in total. The van der Waals surface area contributed by atoms with E-state index in [2.05, 4.69) is 10.3 Å². The predicted octanol–water partition coefficient (Wildman–Crippen LogP) is 3.79. The molecule has 0 radical (unpaired) electrons. The largest absolute Gasteiger partial charge is 0.406 e. The molecule has 1 aromatic carbocycles. The van der Waals surface area contributed by atoms with Gasteiger partial charge in [-0.15, -0.1) is 0 Å². The van der Waals surface area contributed by atoms with Crippen molar-refractivity contribution in [3.05, 3.63) is 46.5 Å². The van der Waals surface area contributed by atoms with Crippen LogP contribution in [0.5, 0.6) is 0 Å². The molecule has 1 aromatic heterocycles. The Bertz CT molecular complexity index is 766. The topological polar surface area (TPSA) is 50.2 Å². The Balaban J connectivity index is 1.97. The summed E-state index contributed by atoms with van der Waals surface area (Å²) in [5.74, 6) is -0.0718. The molecule has 0 aliphatic carbocycles. The summed E-state index contributed by atoms with van der Waals surface area (Å²) in [6, 6.07) is 3.65. The van der Waals surface area contributed by atoms with Crippen molar-refractivity contribution in [1.29, 1.82) is 0 Å². The van der Waals surface area contributed by atoms with Crippen LogP contribution < -0.4 is 5.32 Å². The van der Waals surface area contributed by atoms with Crippen LogP contribution in [0.2, 0.25) is 5.02 Å². The number of nitrogens with one attached hydrogen (secondary N) is 1. The Hall–Kier alpha value is -2.06. The van der Waals surface area contributed by atoms with Gasteiger partial charge in [-0.3, -0.25) is 9.69 Å². The fourth-order valence-corrected chi connectivity index (χ4v) is 2.99. The number of amides is 1. The molecule has 1 heterocycles. The van der Waals surface area contributed by atoms with Crippen LogP contribution in [0, 0.1) is 13.8 Å². The van der Waals surface area contributed by atoms with Crippen LogP contribution >= 0.6 is 11.6 Å². The molecule has 0 bridgehead atoms. The zero-order chi connectivity index (χ0) is 19.5. The van der Waals surface area contributed by atoms with Gasteiger partial charge in [-0.2, -0.15) is 13.2 Å². The molecule has 0 aliphatic rings.